The Labute approximate surface area is 66.9 Å². The van der Waals surface area contributed by atoms with E-state index >= 15 is 0 Å². The van der Waals surface area contributed by atoms with E-state index in [1.54, 1.807) is 0 Å². The first-order valence-corrected chi connectivity index (χ1v) is 4.51. The number of hydrogen-bond donors (Lipinski definition) is 0. The molecule has 0 spiro atoms. The van der Waals surface area contributed by atoms with E-state index in [-0.39, 0.29) is 6.10 Å². The predicted molar refractivity (Wildman–Crippen MR) is 41.3 cm³/mol. The van der Waals surface area contributed by atoms with Crippen LogP contribution in [0.1, 0.15) is 32.6 Å². The Kier molecular flexibility index (Phi) is 1.72. The molecule has 1 aliphatic heterocycles. The van der Waals surface area contributed by atoms with Crippen LogP contribution in [0.15, 0.2) is 0 Å². The van der Waals surface area contributed by atoms with Crippen LogP contribution in [0.5, 0.6) is 0 Å². The fraction of sp³-hybridized carbons (Fsp3) is 0.889. The van der Waals surface area contributed by atoms with Crippen molar-refractivity contribution in [1.29, 1.82) is 0 Å². The minimum atomic E-state index is 0.0249. The van der Waals surface area contributed by atoms with E-state index in [1.807, 2.05) is 0 Å². The van der Waals surface area contributed by atoms with Gasteiger partial charge in [-0.3, -0.25) is 4.79 Å². The Morgan fingerprint density at radius 2 is 2.45 bits per heavy atom. The summed E-state index contributed by atoms with van der Waals surface area (Å²) in [4.78, 5) is 11.1. The van der Waals surface area contributed by atoms with Crippen molar-refractivity contribution in [3.63, 3.8) is 0 Å². The van der Waals surface area contributed by atoms with Gasteiger partial charge < -0.3 is 4.74 Å². The third-order valence-corrected chi connectivity index (χ3v) is 2.70. The zero-order valence-corrected chi connectivity index (χ0v) is 6.88. The first-order valence-electron chi connectivity index (χ1n) is 4.51. The summed E-state index contributed by atoms with van der Waals surface area (Å²) in [5.74, 6) is 0.906. The number of unbranched alkanes of at least 4 members (excludes halogenated alkanes) is 1. The number of carbonyl (C=O) groups is 1. The Morgan fingerprint density at radius 3 is 2.91 bits per heavy atom. The largest absolute Gasteiger partial charge is 0.361 e. The normalized spacial score (nSPS) is 40.8. The molecule has 2 rings (SSSR count). The average Bonchev–Trinajstić information content (AvgIpc) is 2.71. The van der Waals surface area contributed by atoms with E-state index in [2.05, 4.69) is 6.92 Å². The van der Waals surface area contributed by atoms with Gasteiger partial charge in [0.1, 0.15) is 6.10 Å². The van der Waals surface area contributed by atoms with Gasteiger partial charge in [0.15, 0.2) is 5.78 Å². The van der Waals surface area contributed by atoms with Gasteiger partial charge in [0.2, 0.25) is 0 Å². The molecule has 2 aliphatic rings. The molecule has 2 heteroatoms. The molecular formula is C9H14O2. The maximum absolute atomic E-state index is 11.1. The third kappa shape index (κ3) is 1.20. The SMILES string of the molecule is CCCCC1CC(=O)C2OC12. The number of fused-ring (bicyclic) bond motifs is 1. The lowest BCUT2D eigenvalue weighted by molar-refractivity contribution is -0.120. The predicted octanol–water partition coefficient (Wildman–Crippen LogP) is 1.53. The van der Waals surface area contributed by atoms with Gasteiger partial charge in [0.05, 0.1) is 6.10 Å². The van der Waals surface area contributed by atoms with Crippen molar-refractivity contribution in [2.45, 2.75) is 44.8 Å². The van der Waals surface area contributed by atoms with Crippen molar-refractivity contribution >= 4 is 5.78 Å². The Hall–Kier alpha value is -0.370. The molecule has 0 aromatic rings. The van der Waals surface area contributed by atoms with Crippen LogP contribution in [0, 0.1) is 5.92 Å². The van der Waals surface area contributed by atoms with Gasteiger partial charge in [-0.05, 0) is 12.3 Å². The lowest BCUT2D eigenvalue weighted by Crippen LogP contribution is -2.05. The highest BCUT2D eigenvalue weighted by atomic mass is 16.6. The van der Waals surface area contributed by atoms with Gasteiger partial charge in [-0.25, -0.2) is 0 Å². The van der Waals surface area contributed by atoms with Crippen LogP contribution >= 0.6 is 0 Å². The molecular weight excluding hydrogens is 140 g/mol. The van der Waals surface area contributed by atoms with E-state index in [9.17, 15) is 4.79 Å². The summed E-state index contributed by atoms with van der Waals surface area (Å²) in [5, 5.41) is 0. The summed E-state index contributed by atoms with van der Waals surface area (Å²) in [6.45, 7) is 2.18. The molecule has 62 valence electrons. The molecule has 2 fully saturated rings. The van der Waals surface area contributed by atoms with Gasteiger partial charge in [-0.1, -0.05) is 19.8 Å². The number of ketones is 1. The van der Waals surface area contributed by atoms with Gasteiger partial charge in [0.25, 0.3) is 0 Å². The van der Waals surface area contributed by atoms with E-state index < -0.39 is 0 Å². The van der Waals surface area contributed by atoms with Crippen LogP contribution in [0.4, 0.5) is 0 Å². The van der Waals surface area contributed by atoms with Gasteiger partial charge in [0, 0.05) is 6.42 Å². The minimum Gasteiger partial charge on any atom is -0.361 e. The Bertz CT molecular complexity index is 176. The van der Waals surface area contributed by atoms with Crippen molar-refractivity contribution < 1.29 is 9.53 Å². The van der Waals surface area contributed by atoms with Crippen molar-refractivity contribution in [1.82, 2.24) is 0 Å². The second-order valence-corrected chi connectivity index (χ2v) is 3.59. The van der Waals surface area contributed by atoms with E-state index in [1.165, 1.54) is 19.3 Å². The molecule has 1 saturated heterocycles. The monoisotopic (exact) mass is 154 g/mol. The minimum absolute atomic E-state index is 0.0249. The smallest absolute Gasteiger partial charge is 0.164 e. The molecule has 0 amide bonds. The highest BCUT2D eigenvalue weighted by Crippen LogP contribution is 2.42. The molecule has 3 unspecified atom stereocenters. The summed E-state index contributed by atoms with van der Waals surface area (Å²) in [5.41, 5.74) is 0. The second kappa shape index (κ2) is 2.59. The molecule has 0 bridgehead atoms. The lowest BCUT2D eigenvalue weighted by atomic mass is 10.0. The average molecular weight is 154 g/mol. The van der Waals surface area contributed by atoms with Crippen LogP contribution in [0.25, 0.3) is 0 Å². The fourth-order valence-corrected chi connectivity index (χ4v) is 1.96. The summed E-state index contributed by atoms with van der Waals surface area (Å²) < 4.78 is 5.23. The van der Waals surface area contributed by atoms with Gasteiger partial charge in [-0.2, -0.15) is 0 Å². The van der Waals surface area contributed by atoms with Crippen molar-refractivity contribution in [3.05, 3.63) is 0 Å². The lowest BCUT2D eigenvalue weighted by Gasteiger charge is -2.06. The van der Waals surface area contributed by atoms with Crippen LogP contribution < -0.4 is 0 Å². The third-order valence-electron chi connectivity index (χ3n) is 2.70. The maximum Gasteiger partial charge on any atom is 0.164 e. The van der Waals surface area contributed by atoms with E-state index in [4.69, 9.17) is 4.74 Å². The molecule has 1 heterocycles. The summed E-state index contributed by atoms with van der Waals surface area (Å²) >= 11 is 0. The first-order chi connectivity index (χ1) is 5.33. The molecule has 11 heavy (non-hydrogen) atoms. The van der Waals surface area contributed by atoms with E-state index in [0.717, 1.165) is 6.42 Å². The van der Waals surface area contributed by atoms with Crippen molar-refractivity contribution in [2.24, 2.45) is 5.92 Å². The quantitative estimate of drug-likeness (QED) is 0.577. The molecule has 1 saturated carbocycles. The maximum atomic E-state index is 11.1. The molecule has 1 aliphatic carbocycles. The summed E-state index contributed by atoms with van der Waals surface area (Å²) in [6.07, 6.45) is 4.79. The standard InChI is InChI=1S/C9H14O2/c1-2-3-4-6-5-7(10)9-8(6)11-9/h6,8-9H,2-5H2,1H3. The Morgan fingerprint density at radius 1 is 1.64 bits per heavy atom. The highest BCUT2D eigenvalue weighted by molar-refractivity contribution is 5.89. The topological polar surface area (TPSA) is 29.6 Å². The van der Waals surface area contributed by atoms with E-state index in [0.29, 0.717) is 17.8 Å². The molecule has 3 atom stereocenters. The molecule has 0 aromatic carbocycles. The fourth-order valence-electron chi connectivity index (χ4n) is 1.96. The van der Waals surface area contributed by atoms with Crippen molar-refractivity contribution in [3.8, 4) is 0 Å². The van der Waals surface area contributed by atoms with Crippen LogP contribution in [-0.4, -0.2) is 18.0 Å². The van der Waals surface area contributed by atoms with Crippen LogP contribution in [0.3, 0.4) is 0 Å². The Balaban J connectivity index is 1.83. The number of hydrogen-bond acceptors (Lipinski definition) is 2. The van der Waals surface area contributed by atoms with Gasteiger partial charge in [-0.15, -0.1) is 0 Å². The number of carbonyl (C=O) groups excluding carboxylic acids is 1. The van der Waals surface area contributed by atoms with Crippen molar-refractivity contribution in [2.75, 3.05) is 0 Å². The summed E-state index contributed by atoms with van der Waals surface area (Å²) in [6, 6.07) is 0. The van der Waals surface area contributed by atoms with Gasteiger partial charge >= 0.3 is 0 Å². The highest BCUT2D eigenvalue weighted by Gasteiger charge is 2.55. The first kappa shape index (κ1) is 7.29. The zero-order valence-electron chi connectivity index (χ0n) is 6.88. The molecule has 2 nitrogen and oxygen atoms in total. The summed E-state index contributed by atoms with van der Waals surface area (Å²) in [7, 11) is 0. The second-order valence-electron chi connectivity index (χ2n) is 3.59. The van der Waals surface area contributed by atoms with Crippen LogP contribution in [0.2, 0.25) is 0 Å². The molecule has 0 radical (unpaired) electrons. The number of ether oxygens (including phenoxy) is 1. The number of rotatable bonds is 3. The van der Waals surface area contributed by atoms with Crippen LogP contribution in [-0.2, 0) is 9.53 Å². The number of Topliss-reactive ketones (excluding diaryl/α,β-unsaturated/α-hetero) is 1. The molecule has 0 aromatic heterocycles. The number of epoxide rings is 1. The molecule has 0 N–H and O–H groups in total. The zero-order chi connectivity index (χ0) is 7.84.